The van der Waals surface area contributed by atoms with Crippen LogP contribution >= 0.6 is 11.8 Å². The molecule has 0 aliphatic carbocycles. The van der Waals surface area contributed by atoms with Crippen LogP contribution in [0.3, 0.4) is 0 Å². The van der Waals surface area contributed by atoms with Crippen LogP contribution in [0.25, 0.3) is 17.2 Å². The minimum absolute atomic E-state index is 0.0168. The molecule has 0 fully saturated rings. The summed E-state index contributed by atoms with van der Waals surface area (Å²) in [6, 6.07) is 7.49. The van der Waals surface area contributed by atoms with E-state index < -0.39 is 0 Å². The average Bonchev–Trinajstić information content (AvgIpc) is 3.44. The first-order chi connectivity index (χ1) is 15.0. The fourth-order valence-electron chi connectivity index (χ4n) is 3.47. The zero-order valence-electron chi connectivity index (χ0n) is 17.6. The lowest BCUT2D eigenvalue weighted by Crippen LogP contribution is -2.07. The second-order valence-corrected chi connectivity index (χ2v) is 8.01. The number of Topliss-reactive ketones (excluding diaryl/α,β-unsaturated/α-hetero) is 1. The number of nitrogens with zero attached hydrogens (tertiary/aromatic N) is 6. The molecule has 0 atom stereocenters. The molecule has 4 aromatic rings. The third-order valence-corrected chi connectivity index (χ3v) is 5.84. The van der Waals surface area contributed by atoms with E-state index in [1.165, 1.54) is 11.8 Å². The summed E-state index contributed by atoms with van der Waals surface area (Å²) in [5, 5.41) is 13.4. The molecule has 158 valence electrons. The number of aromatic nitrogens is 6. The molecule has 4 rings (SSSR count). The van der Waals surface area contributed by atoms with Crippen molar-refractivity contribution in [1.82, 2.24) is 29.5 Å². The molecule has 0 amide bonds. The van der Waals surface area contributed by atoms with Crippen LogP contribution in [0.1, 0.15) is 27.5 Å². The molecule has 0 saturated heterocycles. The number of carbonyl (C=O) groups is 1. The van der Waals surface area contributed by atoms with Crippen LogP contribution in [-0.4, -0.2) is 41.0 Å². The predicted octanol–water partition coefficient (Wildman–Crippen LogP) is 4.21. The van der Waals surface area contributed by atoms with Gasteiger partial charge in [-0.05, 0) is 39.0 Å². The van der Waals surface area contributed by atoms with Gasteiger partial charge in [0, 0.05) is 47.5 Å². The van der Waals surface area contributed by atoms with E-state index in [0.29, 0.717) is 23.1 Å². The van der Waals surface area contributed by atoms with Crippen molar-refractivity contribution in [2.24, 2.45) is 0 Å². The molecule has 4 aromatic heterocycles. The summed E-state index contributed by atoms with van der Waals surface area (Å²) in [5.41, 5.74) is 3.33. The molecule has 0 bridgehead atoms. The first-order valence-corrected chi connectivity index (χ1v) is 10.7. The molecule has 0 aliphatic rings. The minimum Gasteiger partial charge on any atom is -0.360 e. The Morgan fingerprint density at radius 2 is 1.97 bits per heavy atom. The van der Waals surface area contributed by atoms with Crippen LogP contribution < -0.4 is 0 Å². The number of thioether (sulfide) groups is 1. The first-order valence-electron chi connectivity index (χ1n) is 9.72. The van der Waals surface area contributed by atoms with Crippen molar-refractivity contribution in [1.29, 1.82) is 0 Å². The van der Waals surface area contributed by atoms with Gasteiger partial charge in [-0.3, -0.25) is 18.9 Å². The first kappa shape index (κ1) is 20.8. The second kappa shape index (κ2) is 8.73. The number of hydrogen-bond acceptors (Lipinski definition) is 7. The quantitative estimate of drug-likeness (QED) is 0.233. The molecule has 0 N–H and O–H groups in total. The van der Waals surface area contributed by atoms with E-state index in [-0.39, 0.29) is 11.5 Å². The van der Waals surface area contributed by atoms with Gasteiger partial charge in [0.25, 0.3) is 0 Å². The number of allylic oxidation sites excluding steroid dienone is 1. The lowest BCUT2D eigenvalue weighted by molar-refractivity contribution is 0.102. The number of carbonyl (C=O) groups excluding carboxylic acids is 1. The fraction of sp³-hybridized carbons (Fsp3) is 0.227. The highest BCUT2D eigenvalue weighted by Gasteiger charge is 2.20. The van der Waals surface area contributed by atoms with Crippen LogP contribution in [0.4, 0.5) is 0 Å². The van der Waals surface area contributed by atoms with Gasteiger partial charge in [0.1, 0.15) is 5.76 Å². The van der Waals surface area contributed by atoms with Crippen molar-refractivity contribution < 1.29 is 9.32 Å². The highest BCUT2D eigenvalue weighted by atomic mass is 32.2. The van der Waals surface area contributed by atoms with E-state index in [2.05, 4.69) is 26.9 Å². The Bertz CT molecular complexity index is 1240. The molecular weight excluding hydrogens is 412 g/mol. The molecule has 9 heteroatoms. The fourth-order valence-corrected chi connectivity index (χ4v) is 4.30. The van der Waals surface area contributed by atoms with Gasteiger partial charge in [-0.1, -0.05) is 23.0 Å². The lowest BCUT2D eigenvalue weighted by Gasteiger charge is -2.08. The Morgan fingerprint density at radius 1 is 1.19 bits per heavy atom. The molecule has 31 heavy (non-hydrogen) atoms. The predicted molar refractivity (Wildman–Crippen MR) is 119 cm³/mol. The van der Waals surface area contributed by atoms with E-state index in [0.717, 1.165) is 28.5 Å². The maximum atomic E-state index is 13.0. The number of rotatable bonds is 8. The summed E-state index contributed by atoms with van der Waals surface area (Å²) in [6.45, 7) is 10.1. The summed E-state index contributed by atoms with van der Waals surface area (Å²) in [7, 11) is 0. The number of hydrogen-bond donors (Lipinski definition) is 0. The van der Waals surface area contributed by atoms with E-state index >= 15 is 0 Å². The Morgan fingerprint density at radius 3 is 2.65 bits per heavy atom. The molecule has 0 unspecified atom stereocenters. The van der Waals surface area contributed by atoms with Crippen LogP contribution in [0.2, 0.25) is 0 Å². The van der Waals surface area contributed by atoms with Crippen molar-refractivity contribution in [2.75, 3.05) is 5.75 Å². The van der Waals surface area contributed by atoms with Gasteiger partial charge < -0.3 is 4.52 Å². The largest absolute Gasteiger partial charge is 0.360 e. The average molecular weight is 435 g/mol. The maximum Gasteiger partial charge on any atom is 0.192 e. The summed E-state index contributed by atoms with van der Waals surface area (Å²) < 4.78 is 9.06. The Labute approximate surface area is 184 Å². The minimum atomic E-state index is 0.0168. The number of aryl methyl sites for hydroxylation is 2. The number of pyridine rings is 1. The maximum absolute atomic E-state index is 13.0. The van der Waals surface area contributed by atoms with E-state index in [1.807, 2.05) is 54.2 Å². The van der Waals surface area contributed by atoms with Gasteiger partial charge in [-0.2, -0.15) is 0 Å². The summed E-state index contributed by atoms with van der Waals surface area (Å²) in [5.74, 6) is 2.37. The summed E-state index contributed by atoms with van der Waals surface area (Å²) >= 11 is 1.36. The third kappa shape index (κ3) is 4.09. The van der Waals surface area contributed by atoms with Gasteiger partial charge in [0.05, 0.1) is 5.75 Å². The van der Waals surface area contributed by atoms with Crippen LogP contribution in [0.15, 0.2) is 59.0 Å². The van der Waals surface area contributed by atoms with E-state index in [9.17, 15) is 4.79 Å². The zero-order chi connectivity index (χ0) is 22.0. The zero-order valence-corrected chi connectivity index (χ0v) is 18.4. The van der Waals surface area contributed by atoms with Crippen LogP contribution in [-0.2, 0) is 6.54 Å². The van der Waals surface area contributed by atoms with Crippen molar-refractivity contribution in [2.45, 2.75) is 32.5 Å². The van der Waals surface area contributed by atoms with Crippen molar-refractivity contribution in [3.05, 3.63) is 72.0 Å². The molecule has 0 aliphatic heterocycles. The topological polar surface area (TPSA) is 91.6 Å². The monoisotopic (exact) mass is 434 g/mol. The molecule has 0 radical (unpaired) electrons. The van der Waals surface area contributed by atoms with Crippen molar-refractivity contribution in [3.63, 3.8) is 0 Å². The molecule has 0 saturated carbocycles. The van der Waals surface area contributed by atoms with E-state index in [1.54, 1.807) is 18.5 Å². The highest BCUT2D eigenvalue weighted by Crippen LogP contribution is 2.26. The number of ketones is 1. The van der Waals surface area contributed by atoms with Crippen molar-refractivity contribution >= 4 is 17.5 Å². The standard InChI is InChI=1S/C22H22N6O2S/c1-5-10-27-21(17-6-8-23-9-7-17)24-25-22(27)31-13-19(29)18-11-14(2)28(16(18)4)20-12-15(3)30-26-20/h5-9,11-12H,1,10,13H2,2-4H3. The molecule has 0 spiro atoms. The van der Waals surface area contributed by atoms with Gasteiger partial charge in [-0.15, -0.1) is 16.8 Å². The molecule has 0 aromatic carbocycles. The van der Waals surface area contributed by atoms with Crippen molar-refractivity contribution in [3.8, 4) is 17.2 Å². The molecule has 8 nitrogen and oxygen atoms in total. The Balaban J connectivity index is 1.56. The van der Waals surface area contributed by atoms with E-state index in [4.69, 9.17) is 4.52 Å². The van der Waals surface area contributed by atoms with Gasteiger partial charge in [-0.25, -0.2) is 0 Å². The SMILES string of the molecule is C=CCn1c(SCC(=O)c2cc(C)n(-c3cc(C)on3)c2C)nnc1-c1ccncc1. The summed E-state index contributed by atoms with van der Waals surface area (Å²) in [4.78, 5) is 17.1. The Kier molecular flexibility index (Phi) is 5.85. The van der Waals surface area contributed by atoms with Gasteiger partial charge in [0.2, 0.25) is 0 Å². The molecular formula is C22H22N6O2S. The lowest BCUT2D eigenvalue weighted by atomic mass is 10.2. The van der Waals surface area contributed by atoms with Crippen LogP contribution in [0, 0.1) is 20.8 Å². The normalized spacial score (nSPS) is 11.1. The molecule has 4 heterocycles. The highest BCUT2D eigenvalue weighted by molar-refractivity contribution is 7.99. The smallest absolute Gasteiger partial charge is 0.192 e. The second-order valence-electron chi connectivity index (χ2n) is 7.07. The third-order valence-electron chi connectivity index (χ3n) is 4.88. The Hall–Kier alpha value is -3.46. The summed E-state index contributed by atoms with van der Waals surface area (Å²) in [6.07, 6.45) is 5.21. The van der Waals surface area contributed by atoms with Crippen LogP contribution in [0.5, 0.6) is 0 Å². The van der Waals surface area contributed by atoms with Gasteiger partial charge >= 0.3 is 0 Å². The van der Waals surface area contributed by atoms with Gasteiger partial charge in [0.15, 0.2) is 22.6 Å².